The number of benzene rings is 2. The Hall–Kier alpha value is -5.17. The average molecular weight is 466 g/mol. The molecule has 0 spiro atoms. The largest absolute Gasteiger partial charge is 0.308 e. The first-order valence-corrected chi connectivity index (χ1v) is 11.6. The van der Waals surface area contributed by atoms with Gasteiger partial charge in [-0.3, -0.25) is 14.5 Å². The minimum absolute atomic E-state index is 0.617. The number of para-hydroxylation sites is 2. The molecule has 2 aromatic carbocycles. The van der Waals surface area contributed by atoms with Gasteiger partial charge in [0.15, 0.2) is 11.6 Å². The number of pyridine rings is 3. The molecule has 0 N–H and O–H groups in total. The molecule has 0 saturated carbocycles. The molecule has 0 saturated heterocycles. The van der Waals surface area contributed by atoms with Gasteiger partial charge in [-0.1, -0.05) is 42.5 Å². The highest BCUT2D eigenvalue weighted by Gasteiger charge is 2.19. The molecule has 170 valence electrons. The maximum atomic E-state index is 4.88. The van der Waals surface area contributed by atoms with Gasteiger partial charge >= 0.3 is 0 Å². The van der Waals surface area contributed by atoms with E-state index in [9.17, 15) is 0 Å². The van der Waals surface area contributed by atoms with Gasteiger partial charge in [0.2, 0.25) is 0 Å². The summed E-state index contributed by atoms with van der Waals surface area (Å²) in [5.74, 6) is 1.97. The molecule has 7 nitrogen and oxygen atoms in total. The van der Waals surface area contributed by atoms with E-state index in [1.807, 2.05) is 47.2 Å². The summed E-state index contributed by atoms with van der Waals surface area (Å²) >= 11 is 0. The molecule has 0 unspecified atom stereocenters. The fourth-order valence-electron chi connectivity index (χ4n) is 4.69. The van der Waals surface area contributed by atoms with Gasteiger partial charge in [-0.2, -0.15) is 0 Å². The van der Waals surface area contributed by atoms with E-state index in [1.165, 1.54) is 10.8 Å². The highest BCUT2D eigenvalue weighted by molar-refractivity contribution is 6.09. The van der Waals surface area contributed by atoms with E-state index in [4.69, 9.17) is 4.98 Å². The number of fused-ring (bicyclic) bond motifs is 3. The van der Waals surface area contributed by atoms with E-state index in [1.54, 1.807) is 18.6 Å². The molecule has 7 rings (SSSR count). The molecule has 36 heavy (non-hydrogen) atoms. The van der Waals surface area contributed by atoms with Gasteiger partial charge in [0.1, 0.15) is 11.5 Å². The first-order valence-electron chi connectivity index (χ1n) is 11.6. The summed E-state index contributed by atoms with van der Waals surface area (Å²) in [6, 6.07) is 30.5. The van der Waals surface area contributed by atoms with Crippen molar-refractivity contribution in [2.75, 3.05) is 0 Å². The fraction of sp³-hybridized carbons (Fsp3) is 0. The van der Waals surface area contributed by atoms with E-state index >= 15 is 0 Å². The Morgan fingerprint density at radius 3 is 1.94 bits per heavy atom. The third-order valence-electron chi connectivity index (χ3n) is 6.28. The van der Waals surface area contributed by atoms with Crippen LogP contribution in [0, 0.1) is 0 Å². The zero-order valence-electron chi connectivity index (χ0n) is 19.1. The third-order valence-corrected chi connectivity index (χ3v) is 6.28. The van der Waals surface area contributed by atoms with Crippen LogP contribution in [0.15, 0.2) is 116 Å². The number of hydrogen-bond donors (Lipinski definition) is 0. The smallest absolute Gasteiger partial charge is 0.188 e. The molecule has 0 aliphatic rings. The van der Waals surface area contributed by atoms with Crippen LogP contribution in [0.1, 0.15) is 0 Å². The maximum absolute atomic E-state index is 4.88. The molecule has 7 aromatic rings. The number of aromatic nitrogens is 7. The first kappa shape index (κ1) is 20.2. The van der Waals surface area contributed by atoms with E-state index in [0.717, 1.165) is 22.3 Å². The lowest BCUT2D eigenvalue weighted by Crippen LogP contribution is -2.04. The van der Waals surface area contributed by atoms with Crippen molar-refractivity contribution in [2.45, 2.75) is 0 Å². The van der Waals surface area contributed by atoms with Gasteiger partial charge < -0.3 is 4.57 Å². The Morgan fingerprint density at radius 1 is 0.528 bits per heavy atom. The van der Waals surface area contributed by atoms with E-state index in [-0.39, 0.29) is 0 Å². The SMILES string of the molecule is c1ccc(-c2nnc(-c3cccnc3)n2-c2ccc(-n3c4ccccc4c4ccccc43)cn2)nc1. The van der Waals surface area contributed by atoms with Crippen molar-refractivity contribution < 1.29 is 0 Å². The number of hydrogen-bond acceptors (Lipinski definition) is 5. The molecule has 5 heterocycles. The van der Waals surface area contributed by atoms with Gasteiger partial charge in [-0.15, -0.1) is 10.2 Å². The predicted octanol–water partition coefficient (Wildman–Crippen LogP) is 5.88. The van der Waals surface area contributed by atoms with Crippen molar-refractivity contribution in [1.29, 1.82) is 0 Å². The minimum atomic E-state index is 0.617. The Balaban J connectivity index is 1.41. The molecule has 0 atom stereocenters. The number of nitrogens with zero attached hydrogens (tertiary/aromatic N) is 7. The van der Waals surface area contributed by atoms with Crippen molar-refractivity contribution in [2.24, 2.45) is 0 Å². The van der Waals surface area contributed by atoms with Crippen LogP contribution in [0.25, 0.3) is 56.2 Å². The van der Waals surface area contributed by atoms with Gasteiger partial charge in [-0.25, -0.2) is 4.98 Å². The normalized spacial score (nSPS) is 11.3. The standard InChI is InChI=1S/C29H19N7/c1-3-12-25-22(9-1)23-10-2-4-13-26(23)35(25)21-14-15-27(32-19-21)36-28(20-8-7-16-30-18-20)33-34-29(36)24-11-5-6-17-31-24/h1-19H. The number of rotatable bonds is 4. The van der Waals surface area contributed by atoms with E-state index in [2.05, 4.69) is 79.3 Å². The topological polar surface area (TPSA) is 74.3 Å². The summed E-state index contributed by atoms with van der Waals surface area (Å²) in [5, 5.41) is 11.4. The lowest BCUT2D eigenvalue weighted by atomic mass is 10.2. The summed E-state index contributed by atoms with van der Waals surface area (Å²) < 4.78 is 4.17. The van der Waals surface area contributed by atoms with Gasteiger partial charge in [0.05, 0.1) is 22.9 Å². The third kappa shape index (κ3) is 3.18. The van der Waals surface area contributed by atoms with Crippen molar-refractivity contribution in [3.63, 3.8) is 0 Å². The quantitative estimate of drug-likeness (QED) is 0.324. The van der Waals surface area contributed by atoms with Crippen molar-refractivity contribution in [3.05, 3.63) is 116 Å². The van der Waals surface area contributed by atoms with E-state index < -0.39 is 0 Å². The highest BCUT2D eigenvalue weighted by atomic mass is 15.3. The van der Waals surface area contributed by atoms with Gasteiger partial charge in [0, 0.05) is 34.9 Å². The molecule has 7 heteroatoms. The summed E-state index contributed by atoms with van der Waals surface area (Å²) in [6.45, 7) is 0. The van der Waals surface area contributed by atoms with Crippen LogP contribution in [0.2, 0.25) is 0 Å². The second-order valence-corrected chi connectivity index (χ2v) is 8.38. The second kappa shape index (κ2) is 8.25. The van der Waals surface area contributed by atoms with E-state index in [0.29, 0.717) is 23.2 Å². The van der Waals surface area contributed by atoms with Crippen LogP contribution in [0.4, 0.5) is 0 Å². The first-order chi connectivity index (χ1) is 17.9. The summed E-state index contributed by atoms with van der Waals surface area (Å²) in [7, 11) is 0. The molecule has 0 amide bonds. The lowest BCUT2D eigenvalue weighted by Gasteiger charge is -2.12. The van der Waals surface area contributed by atoms with Crippen molar-refractivity contribution in [1.82, 2.24) is 34.3 Å². The second-order valence-electron chi connectivity index (χ2n) is 8.38. The molecule has 0 fully saturated rings. The molecule has 0 radical (unpaired) electrons. The Morgan fingerprint density at radius 2 is 1.28 bits per heavy atom. The molecule has 5 aromatic heterocycles. The van der Waals surface area contributed by atoms with Crippen LogP contribution in [-0.4, -0.2) is 34.3 Å². The molecular weight excluding hydrogens is 446 g/mol. The van der Waals surface area contributed by atoms with Gasteiger partial charge in [0.25, 0.3) is 0 Å². The maximum Gasteiger partial charge on any atom is 0.188 e. The summed E-state index contributed by atoms with van der Waals surface area (Å²) in [6.07, 6.45) is 7.15. The van der Waals surface area contributed by atoms with Crippen LogP contribution in [0.3, 0.4) is 0 Å². The Labute approximate surface area is 206 Å². The van der Waals surface area contributed by atoms with Crippen molar-refractivity contribution in [3.8, 4) is 34.4 Å². The summed E-state index contributed by atoms with van der Waals surface area (Å²) in [5.41, 5.74) is 4.82. The highest BCUT2D eigenvalue weighted by Crippen LogP contribution is 2.32. The lowest BCUT2D eigenvalue weighted by molar-refractivity contribution is 0.987. The van der Waals surface area contributed by atoms with Crippen LogP contribution in [-0.2, 0) is 0 Å². The minimum Gasteiger partial charge on any atom is -0.308 e. The van der Waals surface area contributed by atoms with Crippen LogP contribution < -0.4 is 0 Å². The van der Waals surface area contributed by atoms with Gasteiger partial charge in [-0.05, 0) is 48.5 Å². The van der Waals surface area contributed by atoms with Crippen LogP contribution in [0.5, 0.6) is 0 Å². The Kier molecular flexibility index (Phi) is 4.63. The zero-order chi connectivity index (χ0) is 23.9. The monoisotopic (exact) mass is 465 g/mol. The zero-order valence-corrected chi connectivity index (χ0v) is 19.1. The predicted molar refractivity (Wildman–Crippen MR) is 140 cm³/mol. The molecule has 0 aliphatic carbocycles. The molecule has 0 bridgehead atoms. The average Bonchev–Trinajstić information content (AvgIpc) is 3.54. The molecule has 0 aliphatic heterocycles. The fourth-order valence-corrected chi connectivity index (χ4v) is 4.69. The summed E-state index contributed by atoms with van der Waals surface area (Å²) in [4.78, 5) is 13.6. The molecular formula is C29H19N7. The van der Waals surface area contributed by atoms with Crippen molar-refractivity contribution >= 4 is 21.8 Å². The van der Waals surface area contributed by atoms with Crippen LogP contribution >= 0.6 is 0 Å². The Bertz CT molecular complexity index is 1710.